The molecule has 1 fully saturated rings. The lowest BCUT2D eigenvalue weighted by molar-refractivity contribution is 0.138. The minimum absolute atomic E-state index is 0.180. The first-order chi connectivity index (χ1) is 7.58. The van der Waals surface area contributed by atoms with Crippen LogP contribution in [0.3, 0.4) is 0 Å². The Morgan fingerprint density at radius 3 is 1.94 bits per heavy atom. The zero-order chi connectivity index (χ0) is 12.0. The van der Waals surface area contributed by atoms with Crippen molar-refractivity contribution in [1.29, 1.82) is 0 Å². The van der Waals surface area contributed by atoms with E-state index in [1.807, 2.05) is 27.7 Å². The summed E-state index contributed by atoms with van der Waals surface area (Å²) >= 11 is 0. The fraction of sp³-hybridized carbons (Fsp3) is 0.846. The van der Waals surface area contributed by atoms with Crippen LogP contribution in [0.2, 0.25) is 0 Å². The maximum Gasteiger partial charge on any atom is 0.486 e. The molecule has 0 aromatic carbocycles. The lowest BCUT2D eigenvalue weighted by Gasteiger charge is -2.17. The normalized spacial score (nSPS) is 18.1. The third-order valence-electron chi connectivity index (χ3n) is 2.75. The van der Waals surface area contributed by atoms with Crippen LogP contribution in [0.15, 0.2) is 12.1 Å². The summed E-state index contributed by atoms with van der Waals surface area (Å²) in [6, 6.07) is 0. The first-order valence-electron chi connectivity index (χ1n) is 6.57. The quantitative estimate of drug-likeness (QED) is 0.641. The van der Waals surface area contributed by atoms with Gasteiger partial charge in [-0.2, -0.15) is 0 Å². The molecule has 0 amide bonds. The lowest BCUT2D eigenvalue weighted by Crippen LogP contribution is -2.27. The van der Waals surface area contributed by atoms with Gasteiger partial charge in [0.15, 0.2) is 0 Å². The molecule has 1 aliphatic rings. The van der Waals surface area contributed by atoms with Gasteiger partial charge in [0.2, 0.25) is 0 Å². The van der Waals surface area contributed by atoms with Gasteiger partial charge in [-0.1, -0.05) is 24.9 Å². The van der Waals surface area contributed by atoms with Crippen LogP contribution < -0.4 is 0 Å². The molecule has 1 rings (SSSR count). The lowest BCUT2D eigenvalue weighted by atomic mass is 9.86. The van der Waals surface area contributed by atoms with Gasteiger partial charge >= 0.3 is 7.12 Å². The molecule has 0 aliphatic heterocycles. The van der Waals surface area contributed by atoms with E-state index in [0.717, 1.165) is 5.92 Å². The monoisotopic (exact) mass is 224 g/mol. The van der Waals surface area contributed by atoms with Crippen molar-refractivity contribution in [2.45, 2.75) is 65.6 Å². The molecule has 0 unspecified atom stereocenters. The Kier molecular flexibility index (Phi) is 6.14. The van der Waals surface area contributed by atoms with Crippen LogP contribution >= 0.6 is 0 Å². The zero-order valence-corrected chi connectivity index (χ0v) is 11.1. The Bertz CT molecular complexity index is 198. The summed E-state index contributed by atoms with van der Waals surface area (Å²) in [6.07, 6.45) is 8.08. The molecule has 3 heteroatoms. The van der Waals surface area contributed by atoms with E-state index in [4.69, 9.17) is 9.31 Å². The van der Waals surface area contributed by atoms with Crippen molar-refractivity contribution < 1.29 is 9.31 Å². The second-order valence-corrected chi connectivity index (χ2v) is 5.17. The van der Waals surface area contributed by atoms with Gasteiger partial charge in [-0.05, 0) is 46.5 Å². The van der Waals surface area contributed by atoms with Gasteiger partial charge in [0.1, 0.15) is 0 Å². The van der Waals surface area contributed by atoms with Crippen molar-refractivity contribution in [2.75, 3.05) is 0 Å². The van der Waals surface area contributed by atoms with Gasteiger partial charge in [0, 0.05) is 12.2 Å². The Morgan fingerprint density at radius 1 is 1.00 bits per heavy atom. The molecule has 2 nitrogen and oxygen atoms in total. The highest BCUT2D eigenvalue weighted by Crippen LogP contribution is 2.25. The first-order valence-corrected chi connectivity index (χ1v) is 6.57. The maximum absolute atomic E-state index is 5.71. The predicted octanol–water partition coefficient (Wildman–Crippen LogP) is 3.61. The maximum atomic E-state index is 5.71. The van der Waals surface area contributed by atoms with Gasteiger partial charge in [0.05, 0.1) is 0 Å². The number of hydrogen-bond acceptors (Lipinski definition) is 2. The van der Waals surface area contributed by atoms with Crippen molar-refractivity contribution in [3.8, 4) is 0 Å². The topological polar surface area (TPSA) is 18.5 Å². The van der Waals surface area contributed by atoms with Crippen LogP contribution in [0.1, 0.15) is 53.4 Å². The molecule has 0 atom stereocenters. The molecule has 0 radical (unpaired) electrons. The Labute approximate surface area is 101 Å². The van der Waals surface area contributed by atoms with E-state index >= 15 is 0 Å². The number of allylic oxidation sites excluding steroid dienone is 1. The van der Waals surface area contributed by atoms with E-state index in [-0.39, 0.29) is 19.3 Å². The van der Waals surface area contributed by atoms with Crippen LogP contribution in [-0.4, -0.2) is 19.3 Å². The summed E-state index contributed by atoms with van der Waals surface area (Å²) in [4.78, 5) is 0. The Balaban J connectivity index is 2.40. The van der Waals surface area contributed by atoms with Gasteiger partial charge < -0.3 is 9.31 Å². The summed E-state index contributed by atoms with van der Waals surface area (Å²) < 4.78 is 11.4. The second-order valence-electron chi connectivity index (χ2n) is 5.17. The molecule has 0 spiro atoms. The SMILES string of the molecule is CC(C)OB(/C=C/C1CCCC1)OC(C)C. The summed E-state index contributed by atoms with van der Waals surface area (Å²) in [7, 11) is -0.180. The molecule has 0 N–H and O–H groups in total. The fourth-order valence-electron chi connectivity index (χ4n) is 2.06. The minimum atomic E-state index is -0.180. The Hall–Kier alpha value is -0.275. The Morgan fingerprint density at radius 2 is 1.50 bits per heavy atom. The van der Waals surface area contributed by atoms with Crippen molar-refractivity contribution in [3.05, 3.63) is 12.1 Å². The number of rotatable bonds is 6. The summed E-state index contributed by atoms with van der Waals surface area (Å²) in [5.74, 6) is 2.84. The standard InChI is InChI=1S/C13H25BO2/c1-11(2)15-14(16-12(3)4)10-9-13-7-5-6-8-13/h9-13H,5-8H2,1-4H3/b10-9+. The van der Waals surface area contributed by atoms with Crippen molar-refractivity contribution in [2.24, 2.45) is 5.92 Å². The molecule has 0 aromatic rings. The fourth-order valence-corrected chi connectivity index (χ4v) is 2.06. The first kappa shape index (κ1) is 13.8. The highest BCUT2D eigenvalue weighted by atomic mass is 16.6. The van der Waals surface area contributed by atoms with Crippen LogP contribution in [0.4, 0.5) is 0 Å². The van der Waals surface area contributed by atoms with Crippen LogP contribution in [0.5, 0.6) is 0 Å². The third-order valence-corrected chi connectivity index (χ3v) is 2.75. The molecule has 1 aliphatic carbocycles. The highest BCUT2D eigenvalue weighted by molar-refractivity contribution is 6.50. The zero-order valence-electron chi connectivity index (χ0n) is 11.1. The van der Waals surface area contributed by atoms with E-state index in [9.17, 15) is 0 Å². The van der Waals surface area contributed by atoms with E-state index in [1.54, 1.807) is 0 Å². The smallest absolute Gasteiger partial charge is 0.405 e. The molecule has 0 heterocycles. The van der Waals surface area contributed by atoms with Crippen LogP contribution in [0.25, 0.3) is 0 Å². The van der Waals surface area contributed by atoms with Crippen molar-refractivity contribution >= 4 is 7.12 Å². The summed E-state index contributed by atoms with van der Waals surface area (Å²) in [5, 5.41) is 0. The average Bonchev–Trinajstić information content (AvgIpc) is 2.64. The van der Waals surface area contributed by atoms with Gasteiger partial charge in [0.25, 0.3) is 0 Å². The molecule has 16 heavy (non-hydrogen) atoms. The average molecular weight is 224 g/mol. The van der Waals surface area contributed by atoms with E-state index in [1.165, 1.54) is 25.7 Å². The van der Waals surface area contributed by atoms with Gasteiger partial charge in [-0.3, -0.25) is 0 Å². The summed E-state index contributed by atoms with van der Waals surface area (Å²) in [6.45, 7) is 8.17. The second kappa shape index (κ2) is 7.13. The molecular weight excluding hydrogens is 199 g/mol. The highest BCUT2D eigenvalue weighted by Gasteiger charge is 2.19. The van der Waals surface area contributed by atoms with E-state index in [0.29, 0.717) is 0 Å². The van der Waals surface area contributed by atoms with E-state index in [2.05, 4.69) is 12.1 Å². The van der Waals surface area contributed by atoms with Crippen molar-refractivity contribution in [3.63, 3.8) is 0 Å². The van der Waals surface area contributed by atoms with Crippen molar-refractivity contribution in [1.82, 2.24) is 0 Å². The third kappa shape index (κ3) is 5.71. The summed E-state index contributed by atoms with van der Waals surface area (Å²) in [5.41, 5.74) is 0. The molecule has 0 aromatic heterocycles. The van der Waals surface area contributed by atoms with Crippen LogP contribution in [-0.2, 0) is 9.31 Å². The molecule has 0 saturated heterocycles. The molecule has 0 bridgehead atoms. The van der Waals surface area contributed by atoms with E-state index < -0.39 is 0 Å². The minimum Gasteiger partial charge on any atom is -0.405 e. The molecular formula is C13H25BO2. The largest absolute Gasteiger partial charge is 0.486 e. The number of hydrogen-bond donors (Lipinski definition) is 0. The van der Waals surface area contributed by atoms with Gasteiger partial charge in [-0.15, -0.1) is 0 Å². The predicted molar refractivity (Wildman–Crippen MR) is 69.3 cm³/mol. The molecule has 92 valence electrons. The molecule has 1 saturated carbocycles. The van der Waals surface area contributed by atoms with Gasteiger partial charge in [-0.25, -0.2) is 0 Å². The van der Waals surface area contributed by atoms with Crippen LogP contribution in [0, 0.1) is 5.92 Å².